The molecular formula is C24H23ClF4N4O3. The summed E-state index contributed by atoms with van der Waals surface area (Å²) in [6.45, 7) is 0.477. The van der Waals surface area contributed by atoms with Gasteiger partial charge in [-0.2, -0.15) is 13.2 Å². The maximum absolute atomic E-state index is 14.3. The Kier molecular flexibility index (Phi) is 6.36. The number of amides is 1. The molecule has 0 atom stereocenters. The molecule has 3 aromatic rings. The number of fused-ring (bicyclic) bond motifs is 3. The summed E-state index contributed by atoms with van der Waals surface area (Å²) in [5.41, 5.74) is 1.14. The van der Waals surface area contributed by atoms with Gasteiger partial charge in [0.25, 0.3) is 5.91 Å². The van der Waals surface area contributed by atoms with Gasteiger partial charge in [0.1, 0.15) is 24.5 Å². The van der Waals surface area contributed by atoms with Gasteiger partial charge in [-0.1, -0.05) is 17.7 Å². The number of aromatic nitrogens is 2. The third-order valence-electron chi connectivity index (χ3n) is 6.61. The fraction of sp³-hybridized carbons (Fsp3) is 0.417. The lowest BCUT2D eigenvalue weighted by atomic mass is 9.85. The van der Waals surface area contributed by atoms with E-state index >= 15 is 0 Å². The lowest BCUT2D eigenvalue weighted by Crippen LogP contribution is -2.40. The maximum atomic E-state index is 14.3. The van der Waals surface area contributed by atoms with Crippen LogP contribution in [0.2, 0.25) is 5.02 Å². The zero-order valence-electron chi connectivity index (χ0n) is 19.2. The molecule has 0 radical (unpaired) electrons. The summed E-state index contributed by atoms with van der Waals surface area (Å²) < 4.78 is 66.6. The van der Waals surface area contributed by atoms with Crippen LogP contribution < -0.4 is 20.1 Å². The van der Waals surface area contributed by atoms with Crippen molar-refractivity contribution in [3.63, 3.8) is 0 Å². The average molecular weight is 527 g/mol. The Balaban J connectivity index is 1.45. The number of anilines is 2. The molecule has 1 aliphatic heterocycles. The fourth-order valence-electron chi connectivity index (χ4n) is 4.72. The molecule has 1 saturated carbocycles. The number of nitrogens with zero attached hydrogens (tertiary/aromatic N) is 2. The van der Waals surface area contributed by atoms with E-state index in [2.05, 4.69) is 15.6 Å². The van der Waals surface area contributed by atoms with Crippen molar-refractivity contribution in [3.05, 3.63) is 40.7 Å². The van der Waals surface area contributed by atoms with Gasteiger partial charge in [-0.25, -0.2) is 9.37 Å². The lowest BCUT2D eigenvalue weighted by molar-refractivity contribution is -0.182. The number of rotatable bonds is 4. The quantitative estimate of drug-likeness (QED) is 0.424. The summed E-state index contributed by atoms with van der Waals surface area (Å²) in [4.78, 5) is 17.7. The van der Waals surface area contributed by atoms with Crippen molar-refractivity contribution in [1.82, 2.24) is 14.9 Å². The van der Waals surface area contributed by atoms with E-state index in [-0.39, 0.29) is 72.9 Å². The number of nitrogens with one attached hydrogen (secondary N) is 2. The monoisotopic (exact) mass is 526 g/mol. The van der Waals surface area contributed by atoms with Crippen LogP contribution in [0.5, 0.6) is 11.5 Å². The second-order valence-corrected chi connectivity index (χ2v) is 9.33. The molecule has 0 bridgehead atoms. The molecule has 7 nitrogen and oxygen atoms in total. The van der Waals surface area contributed by atoms with Gasteiger partial charge in [-0.05, 0) is 43.9 Å². The van der Waals surface area contributed by atoms with Crippen LogP contribution in [0.4, 0.5) is 29.2 Å². The molecule has 1 amide bonds. The number of hydrogen-bond donors (Lipinski definition) is 2. The molecule has 0 saturated heterocycles. The lowest BCUT2D eigenvalue weighted by Gasteiger charge is -2.30. The molecule has 36 heavy (non-hydrogen) atoms. The van der Waals surface area contributed by atoms with E-state index in [0.717, 1.165) is 0 Å². The number of carbonyl (C=O) groups excluding carboxylic acids is 1. The van der Waals surface area contributed by atoms with Crippen molar-refractivity contribution < 1.29 is 31.8 Å². The number of alkyl halides is 3. The third-order valence-corrected chi connectivity index (χ3v) is 6.93. The third kappa shape index (κ3) is 4.52. The summed E-state index contributed by atoms with van der Waals surface area (Å²) >= 11 is 6.14. The minimum atomic E-state index is -4.22. The van der Waals surface area contributed by atoms with Crippen LogP contribution in [0, 0.1) is 11.7 Å². The highest BCUT2D eigenvalue weighted by Crippen LogP contribution is 2.43. The summed E-state index contributed by atoms with van der Waals surface area (Å²) in [6.07, 6.45) is -3.81. The zero-order chi connectivity index (χ0) is 25.6. The second-order valence-electron chi connectivity index (χ2n) is 8.93. The van der Waals surface area contributed by atoms with Crippen LogP contribution in [0.15, 0.2) is 24.3 Å². The molecule has 1 aliphatic carbocycles. The van der Waals surface area contributed by atoms with Gasteiger partial charge in [0.2, 0.25) is 5.95 Å². The van der Waals surface area contributed by atoms with E-state index in [1.165, 1.54) is 18.2 Å². The average Bonchev–Trinajstić information content (AvgIpc) is 3.16. The topological polar surface area (TPSA) is 77.4 Å². The minimum absolute atomic E-state index is 0.0287. The number of halogens is 5. The van der Waals surface area contributed by atoms with Crippen molar-refractivity contribution in [3.8, 4) is 11.5 Å². The molecule has 2 aromatic carbocycles. The van der Waals surface area contributed by atoms with Crippen LogP contribution in [0.3, 0.4) is 0 Å². The van der Waals surface area contributed by atoms with Crippen LogP contribution >= 0.6 is 11.6 Å². The van der Waals surface area contributed by atoms with Crippen LogP contribution in [-0.2, 0) is 7.05 Å². The Morgan fingerprint density at radius 3 is 2.50 bits per heavy atom. The van der Waals surface area contributed by atoms with E-state index in [4.69, 9.17) is 21.1 Å². The summed E-state index contributed by atoms with van der Waals surface area (Å²) in [6, 6.07) is 5.45. The first-order valence-electron chi connectivity index (χ1n) is 11.5. The molecule has 0 unspecified atom stereocenters. The molecule has 12 heteroatoms. The molecular weight excluding hydrogens is 504 g/mol. The van der Waals surface area contributed by atoms with E-state index in [1.807, 2.05) is 0 Å². The summed E-state index contributed by atoms with van der Waals surface area (Å²) in [5.74, 6) is -1.57. The van der Waals surface area contributed by atoms with Gasteiger partial charge in [0, 0.05) is 13.1 Å². The van der Waals surface area contributed by atoms with Gasteiger partial charge in [-0.15, -0.1) is 0 Å². The molecule has 2 aliphatic rings. The standard InChI is InChI=1S/C24H23ClF4N4O3/c1-33-19-17(31-23(33)32-18-15(25)3-2-4-16(18)26)11-14(20-21(19)36-10-9-35-20)22(34)30-13-7-5-12(6-8-13)24(27,28)29/h2-4,11-13H,5-10H2,1H3,(H,30,34)(H,31,32). The number of para-hydroxylation sites is 1. The smallest absolute Gasteiger partial charge is 0.391 e. The molecule has 2 N–H and O–H groups in total. The number of ether oxygens (including phenoxy) is 2. The highest BCUT2D eigenvalue weighted by Gasteiger charge is 2.41. The number of imidazole rings is 1. The van der Waals surface area contributed by atoms with Crippen molar-refractivity contribution in [2.75, 3.05) is 18.5 Å². The molecule has 1 fully saturated rings. The fourth-order valence-corrected chi connectivity index (χ4v) is 4.93. The SMILES string of the molecule is Cn1c(Nc2c(F)cccc2Cl)nc2cc(C(=O)NC3CCC(C(F)(F)F)CC3)c3c(c21)OCCO3. The van der Waals surface area contributed by atoms with Crippen molar-refractivity contribution >= 4 is 40.2 Å². The van der Waals surface area contributed by atoms with Gasteiger partial charge >= 0.3 is 6.18 Å². The maximum Gasteiger partial charge on any atom is 0.391 e. The van der Waals surface area contributed by atoms with Crippen LogP contribution in [-0.4, -0.2) is 40.9 Å². The van der Waals surface area contributed by atoms with Crippen molar-refractivity contribution in [1.29, 1.82) is 0 Å². The first kappa shape index (κ1) is 24.5. The Morgan fingerprint density at radius 2 is 1.83 bits per heavy atom. The molecule has 192 valence electrons. The predicted octanol–water partition coefficient (Wildman–Crippen LogP) is 5.73. The predicted molar refractivity (Wildman–Crippen MR) is 126 cm³/mol. The second kappa shape index (κ2) is 9.34. The number of hydrogen-bond acceptors (Lipinski definition) is 5. The van der Waals surface area contributed by atoms with E-state index < -0.39 is 23.8 Å². The summed E-state index contributed by atoms with van der Waals surface area (Å²) in [7, 11) is 1.70. The summed E-state index contributed by atoms with van der Waals surface area (Å²) in [5, 5.41) is 5.90. The van der Waals surface area contributed by atoms with Crippen molar-refractivity contribution in [2.24, 2.45) is 13.0 Å². The number of benzene rings is 2. The largest absolute Gasteiger partial charge is 0.485 e. The van der Waals surface area contributed by atoms with Crippen LogP contribution in [0.1, 0.15) is 36.0 Å². The van der Waals surface area contributed by atoms with Gasteiger partial charge in [-0.3, -0.25) is 4.79 Å². The Bertz CT molecular complexity index is 1300. The number of carbonyl (C=O) groups is 1. The Morgan fingerprint density at radius 1 is 1.14 bits per heavy atom. The first-order chi connectivity index (χ1) is 17.1. The molecule has 0 spiro atoms. The zero-order valence-corrected chi connectivity index (χ0v) is 20.0. The Labute approximate surface area is 208 Å². The van der Waals surface area contributed by atoms with Gasteiger partial charge < -0.3 is 24.7 Å². The Hall–Kier alpha value is -3.21. The minimum Gasteiger partial charge on any atom is -0.485 e. The highest BCUT2D eigenvalue weighted by atomic mass is 35.5. The molecule has 2 heterocycles. The molecule has 1 aromatic heterocycles. The molecule has 5 rings (SSSR count). The normalized spacial score (nSPS) is 19.8. The number of aryl methyl sites for hydroxylation is 1. The van der Waals surface area contributed by atoms with Crippen LogP contribution in [0.25, 0.3) is 11.0 Å². The van der Waals surface area contributed by atoms with Gasteiger partial charge in [0.05, 0.1) is 27.7 Å². The van der Waals surface area contributed by atoms with E-state index in [0.29, 0.717) is 16.8 Å². The van der Waals surface area contributed by atoms with E-state index in [9.17, 15) is 22.4 Å². The van der Waals surface area contributed by atoms with Crippen molar-refractivity contribution in [2.45, 2.75) is 37.9 Å². The van der Waals surface area contributed by atoms with Gasteiger partial charge in [0.15, 0.2) is 11.5 Å². The first-order valence-corrected chi connectivity index (χ1v) is 11.9. The highest BCUT2D eigenvalue weighted by molar-refractivity contribution is 6.33. The van der Waals surface area contributed by atoms with E-state index in [1.54, 1.807) is 17.7 Å².